The summed E-state index contributed by atoms with van der Waals surface area (Å²) in [6.45, 7) is 12.4. The molecule has 2 heterocycles. The summed E-state index contributed by atoms with van der Waals surface area (Å²) in [6.07, 6.45) is 4.38. The van der Waals surface area contributed by atoms with E-state index in [2.05, 4.69) is 56.9 Å². The second-order valence-electron chi connectivity index (χ2n) is 9.58. The highest BCUT2D eigenvalue weighted by molar-refractivity contribution is 7.92. The first-order valence-electron chi connectivity index (χ1n) is 10.2. The van der Waals surface area contributed by atoms with Crippen LogP contribution in [-0.2, 0) is 21.7 Å². The van der Waals surface area contributed by atoms with Crippen molar-refractivity contribution in [1.82, 2.24) is 4.90 Å². The Hall–Kier alpha value is -0.870. The Kier molecular flexibility index (Phi) is 5.56. The number of piperidine rings is 1. The lowest BCUT2D eigenvalue weighted by Gasteiger charge is -2.47. The van der Waals surface area contributed by atoms with Crippen molar-refractivity contribution >= 4 is 9.84 Å². The Morgan fingerprint density at radius 2 is 1.69 bits per heavy atom. The standard InChI is InChI=1S/C22H35NO2S/c1-5-21(3,4)20-8-6-19(7-9-20)14-18(2)15-23-12-10-22(11-13-23)16-26(24,25)17-22/h6-9,18H,5,10-17H2,1-4H3/t18-/m1/s1. The Bertz CT molecular complexity index is 699. The summed E-state index contributed by atoms with van der Waals surface area (Å²) < 4.78 is 23.0. The van der Waals surface area contributed by atoms with Gasteiger partial charge in [-0.25, -0.2) is 8.42 Å². The topological polar surface area (TPSA) is 37.4 Å². The van der Waals surface area contributed by atoms with Crippen molar-refractivity contribution < 1.29 is 8.42 Å². The highest BCUT2D eigenvalue weighted by Crippen LogP contribution is 2.42. The summed E-state index contributed by atoms with van der Waals surface area (Å²) in [6, 6.07) is 9.20. The van der Waals surface area contributed by atoms with Crippen LogP contribution in [0.2, 0.25) is 0 Å². The summed E-state index contributed by atoms with van der Waals surface area (Å²) in [5.41, 5.74) is 3.23. The smallest absolute Gasteiger partial charge is 0.151 e. The zero-order chi connectivity index (χ0) is 19.0. The lowest BCUT2D eigenvalue weighted by molar-refractivity contribution is 0.113. The number of likely N-dealkylation sites (tertiary alicyclic amines) is 1. The van der Waals surface area contributed by atoms with Gasteiger partial charge >= 0.3 is 0 Å². The molecule has 2 saturated heterocycles. The van der Waals surface area contributed by atoms with Crippen LogP contribution in [0.15, 0.2) is 24.3 Å². The van der Waals surface area contributed by atoms with Crippen molar-refractivity contribution in [3.8, 4) is 0 Å². The molecule has 0 amide bonds. The maximum Gasteiger partial charge on any atom is 0.151 e. The summed E-state index contributed by atoms with van der Waals surface area (Å²) in [5, 5.41) is 0. The Labute approximate surface area is 160 Å². The molecular formula is C22H35NO2S. The number of sulfone groups is 1. The van der Waals surface area contributed by atoms with E-state index in [-0.39, 0.29) is 10.8 Å². The van der Waals surface area contributed by atoms with Crippen LogP contribution >= 0.6 is 0 Å². The number of rotatable bonds is 6. The molecule has 1 spiro atoms. The first-order chi connectivity index (χ1) is 12.1. The fourth-order valence-electron chi connectivity index (χ4n) is 4.59. The van der Waals surface area contributed by atoms with Crippen LogP contribution in [-0.4, -0.2) is 44.5 Å². The molecule has 1 aromatic rings. The SMILES string of the molecule is CCC(C)(C)c1ccc(C[C@@H](C)CN2CCC3(CC2)CS(=O)(=O)C3)cc1. The van der Waals surface area contributed by atoms with Gasteiger partial charge in [0.25, 0.3) is 0 Å². The van der Waals surface area contributed by atoms with Crippen molar-refractivity contribution in [2.75, 3.05) is 31.1 Å². The van der Waals surface area contributed by atoms with E-state index in [1.165, 1.54) is 11.1 Å². The van der Waals surface area contributed by atoms with Crippen LogP contribution in [0.5, 0.6) is 0 Å². The third-order valence-corrected chi connectivity index (χ3v) is 8.85. The summed E-state index contributed by atoms with van der Waals surface area (Å²) >= 11 is 0. The molecule has 3 rings (SSSR count). The van der Waals surface area contributed by atoms with E-state index in [1.54, 1.807) is 0 Å². The first-order valence-corrected chi connectivity index (χ1v) is 12.0. The van der Waals surface area contributed by atoms with Crippen molar-refractivity contribution in [2.24, 2.45) is 11.3 Å². The van der Waals surface area contributed by atoms with Gasteiger partial charge in [0.2, 0.25) is 0 Å². The molecule has 4 heteroatoms. The number of hydrogen-bond donors (Lipinski definition) is 0. The van der Waals surface area contributed by atoms with Crippen LogP contribution in [0.3, 0.4) is 0 Å². The average molecular weight is 378 g/mol. The highest BCUT2D eigenvalue weighted by Gasteiger charge is 2.49. The molecule has 0 N–H and O–H groups in total. The fraction of sp³-hybridized carbons (Fsp3) is 0.727. The summed E-state index contributed by atoms with van der Waals surface area (Å²) in [4.78, 5) is 2.54. The monoisotopic (exact) mass is 377 g/mol. The van der Waals surface area contributed by atoms with Crippen LogP contribution < -0.4 is 0 Å². The first kappa shape index (κ1) is 19.9. The van der Waals surface area contributed by atoms with E-state index in [4.69, 9.17) is 0 Å². The van der Waals surface area contributed by atoms with E-state index in [0.29, 0.717) is 17.4 Å². The summed E-state index contributed by atoms with van der Waals surface area (Å²) in [7, 11) is -2.71. The second kappa shape index (κ2) is 7.27. The van der Waals surface area contributed by atoms with Crippen LogP contribution in [0.4, 0.5) is 0 Å². The Morgan fingerprint density at radius 3 is 2.19 bits per heavy atom. The van der Waals surface area contributed by atoms with Gasteiger partial charge in [0.1, 0.15) is 0 Å². The molecule has 0 aromatic heterocycles. The van der Waals surface area contributed by atoms with Crippen molar-refractivity contribution in [3.63, 3.8) is 0 Å². The molecule has 0 unspecified atom stereocenters. The molecule has 0 radical (unpaired) electrons. The molecular weight excluding hydrogens is 342 g/mol. The molecule has 3 nitrogen and oxygen atoms in total. The van der Waals surface area contributed by atoms with E-state index < -0.39 is 9.84 Å². The summed E-state index contributed by atoms with van der Waals surface area (Å²) in [5.74, 6) is 1.49. The molecule has 146 valence electrons. The average Bonchev–Trinajstić information content (AvgIpc) is 2.56. The molecule has 0 aliphatic carbocycles. The van der Waals surface area contributed by atoms with Crippen molar-refractivity contribution in [1.29, 1.82) is 0 Å². The number of nitrogens with zero attached hydrogens (tertiary/aromatic N) is 1. The van der Waals surface area contributed by atoms with E-state index in [1.807, 2.05) is 0 Å². The molecule has 0 bridgehead atoms. The van der Waals surface area contributed by atoms with Gasteiger partial charge in [-0.3, -0.25) is 0 Å². The maximum absolute atomic E-state index is 11.5. The number of benzene rings is 1. The predicted molar refractivity (Wildman–Crippen MR) is 109 cm³/mol. The molecule has 1 atom stereocenters. The fourth-order valence-corrected chi connectivity index (χ4v) is 6.95. The van der Waals surface area contributed by atoms with Crippen molar-refractivity contribution in [3.05, 3.63) is 35.4 Å². The van der Waals surface area contributed by atoms with Gasteiger partial charge in [0.05, 0.1) is 11.5 Å². The van der Waals surface area contributed by atoms with Gasteiger partial charge < -0.3 is 4.90 Å². The van der Waals surface area contributed by atoms with Gasteiger partial charge in [-0.1, -0.05) is 52.0 Å². The largest absolute Gasteiger partial charge is 0.303 e. The van der Waals surface area contributed by atoms with E-state index in [9.17, 15) is 8.42 Å². The van der Waals surface area contributed by atoms with Crippen LogP contribution in [0.1, 0.15) is 58.1 Å². The molecule has 2 aliphatic heterocycles. The second-order valence-corrected chi connectivity index (χ2v) is 11.6. The highest BCUT2D eigenvalue weighted by atomic mass is 32.2. The Morgan fingerprint density at radius 1 is 1.12 bits per heavy atom. The quantitative estimate of drug-likeness (QED) is 0.750. The number of hydrogen-bond acceptors (Lipinski definition) is 3. The molecule has 0 saturated carbocycles. The van der Waals surface area contributed by atoms with E-state index in [0.717, 1.165) is 45.3 Å². The predicted octanol–water partition coefficient (Wildman–Crippen LogP) is 4.06. The zero-order valence-corrected chi connectivity index (χ0v) is 17.7. The minimum atomic E-state index is -2.71. The maximum atomic E-state index is 11.5. The molecule has 2 fully saturated rings. The molecule has 2 aliphatic rings. The Balaban J connectivity index is 1.47. The minimum Gasteiger partial charge on any atom is -0.303 e. The minimum absolute atomic E-state index is 0.125. The van der Waals surface area contributed by atoms with Gasteiger partial charge in [0, 0.05) is 12.0 Å². The molecule has 1 aromatic carbocycles. The van der Waals surface area contributed by atoms with Gasteiger partial charge in [-0.05, 0) is 61.2 Å². The van der Waals surface area contributed by atoms with E-state index >= 15 is 0 Å². The molecule has 26 heavy (non-hydrogen) atoms. The van der Waals surface area contributed by atoms with Gasteiger partial charge in [0.15, 0.2) is 9.84 Å². The lowest BCUT2D eigenvalue weighted by atomic mass is 9.81. The van der Waals surface area contributed by atoms with Gasteiger partial charge in [-0.15, -0.1) is 0 Å². The third kappa shape index (κ3) is 4.51. The van der Waals surface area contributed by atoms with Crippen molar-refractivity contribution in [2.45, 2.75) is 58.8 Å². The van der Waals surface area contributed by atoms with Crippen LogP contribution in [0.25, 0.3) is 0 Å². The van der Waals surface area contributed by atoms with Crippen LogP contribution in [0, 0.1) is 11.3 Å². The normalized spacial score (nSPS) is 23.5. The zero-order valence-electron chi connectivity index (χ0n) is 16.9. The van der Waals surface area contributed by atoms with Gasteiger partial charge in [-0.2, -0.15) is 0 Å². The lowest BCUT2D eigenvalue weighted by Crippen LogP contribution is -2.55. The third-order valence-electron chi connectivity index (χ3n) is 6.74.